The van der Waals surface area contributed by atoms with E-state index >= 15 is 0 Å². The SMILES string of the molecule is CCN(Cc1ccccc1)C(=O)CN(C(C)=O)C1CCCC1. The van der Waals surface area contributed by atoms with E-state index in [1.54, 1.807) is 11.8 Å². The van der Waals surface area contributed by atoms with Crippen LogP contribution in [0.3, 0.4) is 0 Å². The smallest absolute Gasteiger partial charge is 0.242 e. The Morgan fingerprint density at radius 1 is 1.14 bits per heavy atom. The van der Waals surface area contributed by atoms with Gasteiger partial charge in [-0.05, 0) is 25.3 Å². The number of nitrogens with zero attached hydrogens (tertiary/aromatic N) is 2. The predicted molar refractivity (Wildman–Crippen MR) is 87.2 cm³/mol. The third-order valence-electron chi connectivity index (χ3n) is 4.43. The Kier molecular flexibility index (Phi) is 5.99. The number of carbonyl (C=O) groups excluding carboxylic acids is 2. The van der Waals surface area contributed by atoms with Crippen molar-refractivity contribution in [3.05, 3.63) is 35.9 Å². The van der Waals surface area contributed by atoms with Crippen molar-refractivity contribution in [3.63, 3.8) is 0 Å². The van der Waals surface area contributed by atoms with Crippen molar-refractivity contribution in [1.82, 2.24) is 9.80 Å². The van der Waals surface area contributed by atoms with Crippen molar-refractivity contribution >= 4 is 11.8 Å². The molecule has 4 heteroatoms. The van der Waals surface area contributed by atoms with E-state index in [2.05, 4.69) is 0 Å². The van der Waals surface area contributed by atoms with E-state index in [4.69, 9.17) is 0 Å². The van der Waals surface area contributed by atoms with Crippen LogP contribution in [0.2, 0.25) is 0 Å². The minimum absolute atomic E-state index is 0.0102. The van der Waals surface area contributed by atoms with Crippen LogP contribution in [0.25, 0.3) is 0 Å². The molecule has 0 heterocycles. The molecule has 0 atom stereocenters. The van der Waals surface area contributed by atoms with E-state index in [0.29, 0.717) is 13.1 Å². The summed E-state index contributed by atoms with van der Waals surface area (Å²) in [5.74, 6) is 0.0458. The molecule has 0 aliphatic heterocycles. The Hall–Kier alpha value is -1.84. The average molecular weight is 302 g/mol. The summed E-state index contributed by atoms with van der Waals surface area (Å²) in [5.41, 5.74) is 1.12. The Balaban J connectivity index is 1.99. The Morgan fingerprint density at radius 2 is 1.77 bits per heavy atom. The molecular weight excluding hydrogens is 276 g/mol. The average Bonchev–Trinajstić information content (AvgIpc) is 3.04. The van der Waals surface area contributed by atoms with Crippen molar-refractivity contribution in [3.8, 4) is 0 Å². The molecule has 1 fully saturated rings. The highest BCUT2D eigenvalue weighted by atomic mass is 16.2. The van der Waals surface area contributed by atoms with Gasteiger partial charge in [0.2, 0.25) is 11.8 Å². The monoisotopic (exact) mass is 302 g/mol. The number of benzene rings is 1. The first-order chi connectivity index (χ1) is 10.6. The lowest BCUT2D eigenvalue weighted by Gasteiger charge is -2.30. The van der Waals surface area contributed by atoms with Gasteiger partial charge in [0.25, 0.3) is 0 Å². The third kappa shape index (κ3) is 4.33. The first-order valence-corrected chi connectivity index (χ1v) is 8.20. The lowest BCUT2D eigenvalue weighted by Crippen LogP contribution is -2.45. The number of hydrogen-bond donors (Lipinski definition) is 0. The number of carbonyl (C=O) groups is 2. The number of hydrogen-bond acceptors (Lipinski definition) is 2. The van der Waals surface area contributed by atoms with Crippen LogP contribution in [0.1, 0.15) is 45.1 Å². The minimum Gasteiger partial charge on any atom is -0.337 e. The molecule has 0 saturated heterocycles. The van der Waals surface area contributed by atoms with Crippen molar-refractivity contribution in [2.75, 3.05) is 13.1 Å². The number of likely N-dealkylation sites (N-methyl/N-ethyl adjacent to an activating group) is 1. The van der Waals surface area contributed by atoms with Gasteiger partial charge in [-0.3, -0.25) is 9.59 Å². The maximum absolute atomic E-state index is 12.6. The molecule has 22 heavy (non-hydrogen) atoms. The van der Waals surface area contributed by atoms with Crippen molar-refractivity contribution in [2.45, 2.75) is 52.1 Å². The van der Waals surface area contributed by atoms with E-state index in [-0.39, 0.29) is 24.4 Å². The van der Waals surface area contributed by atoms with Gasteiger partial charge in [-0.25, -0.2) is 0 Å². The quantitative estimate of drug-likeness (QED) is 0.811. The third-order valence-corrected chi connectivity index (χ3v) is 4.43. The molecule has 0 spiro atoms. The molecule has 0 radical (unpaired) electrons. The molecule has 1 aromatic rings. The van der Waals surface area contributed by atoms with Crippen LogP contribution < -0.4 is 0 Å². The van der Waals surface area contributed by atoms with E-state index in [0.717, 1.165) is 31.2 Å². The summed E-state index contributed by atoms with van der Waals surface area (Å²) in [7, 11) is 0. The molecular formula is C18H26N2O2. The van der Waals surface area contributed by atoms with Gasteiger partial charge >= 0.3 is 0 Å². The van der Waals surface area contributed by atoms with Gasteiger partial charge in [0.15, 0.2) is 0 Å². The molecule has 0 unspecified atom stereocenters. The van der Waals surface area contributed by atoms with Crippen molar-refractivity contribution < 1.29 is 9.59 Å². The van der Waals surface area contributed by atoms with Crippen LogP contribution in [0, 0.1) is 0 Å². The summed E-state index contributed by atoms with van der Waals surface area (Å²) < 4.78 is 0. The zero-order valence-electron chi connectivity index (χ0n) is 13.6. The molecule has 1 aliphatic carbocycles. The second-order valence-corrected chi connectivity index (χ2v) is 5.98. The number of rotatable bonds is 6. The van der Waals surface area contributed by atoms with E-state index < -0.39 is 0 Å². The molecule has 0 N–H and O–H groups in total. The molecule has 1 aromatic carbocycles. The maximum atomic E-state index is 12.6. The molecule has 1 aliphatic rings. The normalized spacial score (nSPS) is 14.8. The Labute approximate surface area is 133 Å². The fraction of sp³-hybridized carbons (Fsp3) is 0.556. The fourth-order valence-electron chi connectivity index (χ4n) is 3.14. The summed E-state index contributed by atoms with van der Waals surface area (Å²) in [4.78, 5) is 28.1. The van der Waals surface area contributed by atoms with Gasteiger partial charge in [-0.1, -0.05) is 43.2 Å². The highest BCUT2D eigenvalue weighted by molar-refractivity contribution is 5.84. The van der Waals surface area contributed by atoms with Gasteiger partial charge in [0.05, 0.1) is 6.54 Å². The predicted octanol–water partition coefficient (Wildman–Crippen LogP) is 2.83. The Morgan fingerprint density at radius 3 is 2.32 bits per heavy atom. The Bertz CT molecular complexity index is 495. The van der Waals surface area contributed by atoms with Crippen LogP contribution in [-0.4, -0.2) is 40.7 Å². The summed E-state index contributed by atoms with van der Waals surface area (Å²) in [6.45, 7) is 5.02. The summed E-state index contributed by atoms with van der Waals surface area (Å²) in [6, 6.07) is 10.2. The molecule has 0 bridgehead atoms. The van der Waals surface area contributed by atoms with Gasteiger partial charge in [-0.15, -0.1) is 0 Å². The van der Waals surface area contributed by atoms with Crippen LogP contribution >= 0.6 is 0 Å². The molecule has 1 saturated carbocycles. The fourth-order valence-corrected chi connectivity index (χ4v) is 3.14. The van der Waals surface area contributed by atoms with E-state index in [1.807, 2.05) is 42.2 Å². The zero-order chi connectivity index (χ0) is 15.9. The maximum Gasteiger partial charge on any atom is 0.242 e. The lowest BCUT2D eigenvalue weighted by molar-refractivity contribution is -0.141. The van der Waals surface area contributed by atoms with Crippen LogP contribution in [0.5, 0.6) is 0 Å². The van der Waals surface area contributed by atoms with Gasteiger partial charge in [-0.2, -0.15) is 0 Å². The summed E-state index contributed by atoms with van der Waals surface area (Å²) in [6.07, 6.45) is 4.36. The first kappa shape index (κ1) is 16.5. The van der Waals surface area contributed by atoms with Crippen molar-refractivity contribution in [1.29, 1.82) is 0 Å². The topological polar surface area (TPSA) is 40.6 Å². The minimum atomic E-state index is 0.0102. The van der Waals surface area contributed by atoms with Gasteiger partial charge in [0, 0.05) is 26.1 Å². The van der Waals surface area contributed by atoms with Crippen LogP contribution in [0.4, 0.5) is 0 Å². The van der Waals surface area contributed by atoms with Crippen molar-refractivity contribution in [2.24, 2.45) is 0 Å². The summed E-state index contributed by atoms with van der Waals surface area (Å²) >= 11 is 0. The molecule has 0 aromatic heterocycles. The molecule has 120 valence electrons. The van der Waals surface area contributed by atoms with E-state index in [1.165, 1.54) is 0 Å². The highest BCUT2D eigenvalue weighted by Crippen LogP contribution is 2.23. The molecule has 2 amide bonds. The summed E-state index contributed by atoms with van der Waals surface area (Å²) in [5, 5.41) is 0. The van der Waals surface area contributed by atoms with Crippen LogP contribution in [-0.2, 0) is 16.1 Å². The second kappa shape index (κ2) is 7.97. The van der Waals surface area contributed by atoms with Crippen LogP contribution in [0.15, 0.2) is 30.3 Å². The molecule has 4 nitrogen and oxygen atoms in total. The molecule has 2 rings (SSSR count). The zero-order valence-corrected chi connectivity index (χ0v) is 13.6. The lowest BCUT2D eigenvalue weighted by atomic mass is 10.2. The number of amides is 2. The second-order valence-electron chi connectivity index (χ2n) is 5.98. The van der Waals surface area contributed by atoms with Gasteiger partial charge < -0.3 is 9.80 Å². The highest BCUT2D eigenvalue weighted by Gasteiger charge is 2.27. The van der Waals surface area contributed by atoms with E-state index in [9.17, 15) is 9.59 Å². The van der Waals surface area contributed by atoms with Gasteiger partial charge in [0.1, 0.15) is 0 Å². The first-order valence-electron chi connectivity index (χ1n) is 8.20. The largest absolute Gasteiger partial charge is 0.337 e. The standard InChI is InChI=1S/C18H26N2O2/c1-3-19(13-16-9-5-4-6-10-16)18(22)14-20(15(2)21)17-11-7-8-12-17/h4-6,9-10,17H,3,7-8,11-14H2,1-2H3.